The van der Waals surface area contributed by atoms with Gasteiger partial charge in [-0.25, -0.2) is 0 Å². The number of carbonyl (C=O) groups is 1. The lowest BCUT2D eigenvalue weighted by Gasteiger charge is -2.29. The number of carbonyl (C=O) groups excluding carboxylic acids is 1. The van der Waals surface area contributed by atoms with Crippen LogP contribution in [0, 0.1) is 0 Å². The van der Waals surface area contributed by atoms with Crippen molar-refractivity contribution in [3.63, 3.8) is 0 Å². The SMILES string of the molecule is C=O.c1ccc2c(c1)C1=C2C2OC2CC1. The number of hydrogen-bond acceptors (Lipinski definition) is 2. The summed E-state index contributed by atoms with van der Waals surface area (Å²) in [6.07, 6.45) is 3.50. The van der Waals surface area contributed by atoms with Gasteiger partial charge in [-0.3, -0.25) is 0 Å². The van der Waals surface area contributed by atoms with Gasteiger partial charge in [0.05, 0.1) is 6.10 Å². The molecule has 0 aromatic heterocycles. The smallest absolute Gasteiger partial charge is 0.110 e. The number of rotatable bonds is 0. The van der Waals surface area contributed by atoms with Gasteiger partial charge in [0.1, 0.15) is 12.9 Å². The van der Waals surface area contributed by atoms with Crippen LogP contribution in [0.4, 0.5) is 0 Å². The molecule has 1 saturated heterocycles. The van der Waals surface area contributed by atoms with E-state index in [9.17, 15) is 0 Å². The molecular formula is C13H12O2. The second kappa shape index (κ2) is 3.04. The summed E-state index contributed by atoms with van der Waals surface area (Å²) in [7, 11) is 0. The molecule has 0 N–H and O–H groups in total. The van der Waals surface area contributed by atoms with Crippen LogP contribution in [-0.4, -0.2) is 19.0 Å². The number of ether oxygens (including phenoxy) is 1. The molecule has 0 radical (unpaired) electrons. The molecular weight excluding hydrogens is 188 g/mol. The van der Waals surface area contributed by atoms with E-state index in [2.05, 4.69) is 24.3 Å². The van der Waals surface area contributed by atoms with Gasteiger partial charge >= 0.3 is 0 Å². The Balaban J connectivity index is 0.000000343. The molecule has 1 aromatic carbocycles. The van der Waals surface area contributed by atoms with Crippen molar-refractivity contribution in [1.82, 2.24) is 0 Å². The van der Waals surface area contributed by atoms with E-state index in [4.69, 9.17) is 9.53 Å². The highest BCUT2D eigenvalue weighted by Gasteiger charge is 2.49. The molecule has 76 valence electrons. The van der Waals surface area contributed by atoms with Crippen molar-refractivity contribution in [2.24, 2.45) is 0 Å². The molecule has 2 atom stereocenters. The van der Waals surface area contributed by atoms with Gasteiger partial charge in [0.25, 0.3) is 0 Å². The van der Waals surface area contributed by atoms with Crippen LogP contribution in [0.1, 0.15) is 24.0 Å². The predicted molar refractivity (Wildman–Crippen MR) is 58.3 cm³/mol. The first kappa shape index (κ1) is 8.86. The number of hydrogen-bond donors (Lipinski definition) is 0. The van der Waals surface area contributed by atoms with Crippen LogP contribution in [0.5, 0.6) is 0 Å². The summed E-state index contributed by atoms with van der Waals surface area (Å²) < 4.78 is 5.61. The highest BCUT2D eigenvalue weighted by Crippen LogP contribution is 2.55. The summed E-state index contributed by atoms with van der Waals surface area (Å²) in [5.41, 5.74) is 6.03. The van der Waals surface area contributed by atoms with Crippen molar-refractivity contribution < 1.29 is 9.53 Å². The molecule has 0 spiro atoms. The minimum Gasteiger partial charge on any atom is -0.364 e. The Labute approximate surface area is 88.6 Å². The largest absolute Gasteiger partial charge is 0.364 e. The van der Waals surface area contributed by atoms with Gasteiger partial charge in [-0.05, 0) is 35.1 Å². The van der Waals surface area contributed by atoms with Crippen molar-refractivity contribution in [3.05, 3.63) is 35.4 Å². The van der Waals surface area contributed by atoms with Crippen LogP contribution in [-0.2, 0) is 9.53 Å². The minimum atomic E-state index is 0.471. The van der Waals surface area contributed by atoms with Crippen molar-refractivity contribution in [1.29, 1.82) is 0 Å². The van der Waals surface area contributed by atoms with Gasteiger partial charge in [-0.15, -0.1) is 0 Å². The first-order valence-electron chi connectivity index (χ1n) is 5.22. The summed E-state index contributed by atoms with van der Waals surface area (Å²) in [6.45, 7) is 2.00. The maximum atomic E-state index is 8.00. The molecule has 0 amide bonds. The van der Waals surface area contributed by atoms with E-state index < -0.39 is 0 Å². The molecule has 1 heterocycles. The Morgan fingerprint density at radius 1 is 1.20 bits per heavy atom. The number of epoxide rings is 1. The van der Waals surface area contributed by atoms with Gasteiger partial charge in [0.2, 0.25) is 0 Å². The van der Waals surface area contributed by atoms with E-state index in [-0.39, 0.29) is 0 Å². The Morgan fingerprint density at radius 2 is 1.93 bits per heavy atom. The third kappa shape index (κ3) is 1.05. The molecule has 2 heteroatoms. The second-order valence-corrected chi connectivity index (χ2v) is 4.07. The monoisotopic (exact) mass is 200 g/mol. The Morgan fingerprint density at radius 3 is 2.73 bits per heavy atom. The zero-order chi connectivity index (χ0) is 10.4. The normalized spacial score (nSPS) is 28.8. The molecule has 15 heavy (non-hydrogen) atoms. The summed E-state index contributed by atoms with van der Waals surface area (Å²) in [5.74, 6) is 0. The molecule has 0 saturated carbocycles. The molecule has 4 rings (SSSR count). The van der Waals surface area contributed by atoms with Crippen LogP contribution >= 0.6 is 0 Å². The quantitative estimate of drug-likeness (QED) is 0.601. The van der Waals surface area contributed by atoms with Crippen LogP contribution in [0.15, 0.2) is 24.3 Å². The molecule has 1 aromatic rings. The third-order valence-corrected chi connectivity index (χ3v) is 3.41. The number of allylic oxidation sites excluding steroid dienone is 1. The highest BCUT2D eigenvalue weighted by molar-refractivity contribution is 6.07. The van der Waals surface area contributed by atoms with Crippen LogP contribution in [0.2, 0.25) is 0 Å². The lowest BCUT2D eigenvalue weighted by molar-refractivity contribution is -0.0979. The molecule has 2 nitrogen and oxygen atoms in total. The molecule has 2 aliphatic carbocycles. The predicted octanol–water partition coefficient (Wildman–Crippen LogP) is 2.29. The van der Waals surface area contributed by atoms with Crippen molar-refractivity contribution in [2.75, 3.05) is 0 Å². The van der Waals surface area contributed by atoms with Crippen LogP contribution in [0.3, 0.4) is 0 Å². The van der Waals surface area contributed by atoms with E-state index in [1.54, 1.807) is 5.57 Å². The second-order valence-electron chi connectivity index (χ2n) is 4.07. The maximum absolute atomic E-state index is 8.00. The lowest BCUT2D eigenvalue weighted by atomic mass is 9.73. The Kier molecular flexibility index (Phi) is 1.80. The fourth-order valence-corrected chi connectivity index (χ4v) is 2.72. The summed E-state index contributed by atoms with van der Waals surface area (Å²) in [4.78, 5) is 8.00. The zero-order valence-electron chi connectivity index (χ0n) is 8.40. The maximum Gasteiger partial charge on any atom is 0.110 e. The topological polar surface area (TPSA) is 29.6 Å². The summed E-state index contributed by atoms with van der Waals surface area (Å²) in [5, 5.41) is 0. The van der Waals surface area contributed by atoms with Crippen LogP contribution in [0.25, 0.3) is 11.1 Å². The average molecular weight is 200 g/mol. The van der Waals surface area contributed by atoms with E-state index in [0.717, 1.165) is 0 Å². The van der Waals surface area contributed by atoms with Gasteiger partial charge < -0.3 is 9.53 Å². The van der Waals surface area contributed by atoms with Gasteiger partial charge in [0, 0.05) is 0 Å². The fourth-order valence-electron chi connectivity index (χ4n) is 2.72. The third-order valence-electron chi connectivity index (χ3n) is 3.41. The van der Waals surface area contributed by atoms with E-state index in [0.29, 0.717) is 12.2 Å². The van der Waals surface area contributed by atoms with E-state index in [1.165, 1.54) is 29.5 Å². The molecule has 2 unspecified atom stereocenters. The zero-order valence-corrected chi connectivity index (χ0v) is 8.40. The highest BCUT2D eigenvalue weighted by atomic mass is 16.6. The number of fused-ring (bicyclic) bond motifs is 5. The van der Waals surface area contributed by atoms with Gasteiger partial charge in [-0.1, -0.05) is 24.3 Å². The van der Waals surface area contributed by atoms with E-state index in [1.807, 2.05) is 6.79 Å². The Hall–Kier alpha value is -1.41. The van der Waals surface area contributed by atoms with Crippen molar-refractivity contribution >= 4 is 17.9 Å². The standard InChI is InChI=1S/C12H10O.CH2O/c1-2-4-8-7(3-1)9-5-6-10-12(13-10)11(8)9;1-2/h1-4,10,12H,5-6H2;1H2. The average Bonchev–Trinajstić information content (AvgIpc) is 3.04. The number of benzene rings is 1. The van der Waals surface area contributed by atoms with E-state index >= 15 is 0 Å². The summed E-state index contributed by atoms with van der Waals surface area (Å²) >= 11 is 0. The van der Waals surface area contributed by atoms with Crippen LogP contribution < -0.4 is 0 Å². The van der Waals surface area contributed by atoms with Gasteiger partial charge in [-0.2, -0.15) is 0 Å². The van der Waals surface area contributed by atoms with Crippen molar-refractivity contribution in [3.8, 4) is 0 Å². The molecule has 3 aliphatic rings. The lowest BCUT2D eigenvalue weighted by Crippen LogP contribution is -2.16. The minimum absolute atomic E-state index is 0.471. The van der Waals surface area contributed by atoms with Gasteiger partial charge in [0.15, 0.2) is 0 Å². The molecule has 0 bridgehead atoms. The first-order valence-corrected chi connectivity index (χ1v) is 5.22. The molecule has 1 aliphatic heterocycles. The Bertz CT molecular complexity index is 448. The first-order chi connectivity index (χ1) is 7.45. The molecule has 1 fully saturated rings. The van der Waals surface area contributed by atoms with Crippen molar-refractivity contribution in [2.45, 2.75) is 25.0 Å². The fraction of sp³-hybridized carbons (Fsp3) is 0.308. The summed E-state index contributed by atoms with van der Waals surface area (Å²) in [6, 6.07) is 8.70.